The van der Waals surface area contributed by atoms with Gasteiger partial charge in [0.25, 0.3) is 0 Å². The van der Waals surface area contributed by atoms with Crippen LogP contribution >= 0.6 is 12.2 Å². The summed E-state index contributed by atoms with van der Waals surface area (Å²) in [7, 11) is -3.07. The standard InChI is InChI=1S/C24H24N2O6S2/c1-13-4-8-15(9-5-13)17-12-34(30,31)19(20(27)32-3)18(16-10-6-14(2)7-11-16)24(17)21(28)25-23(33)26-22(24)29/h4-11,17-19H,12H2,1-3H3,(H2,25,26,28,29,33)/t17-,18-,19+/m0/s1. The zero-order valence-corrected chi connectivity index (χ0v) is 20.5. The number of carbonyl (C=O) groups excluding carboxylic acids is 3. The summed E-state index contributed by atoms with van der Waals surface area (Å²) in [5.41, 5.74) is 0.696. The molecule has 3 atom stereocenters. The third-order valence-corrected chi connectivity index (χ3v) is 8.92. The number of hydrogen-bond donors (Lipinski definition) is 2. The van der Waals surface area contributed by atoms with Crippen LogP contribution in [0.4, 0.5) is 0 Å². The molecule has 2 heterocycles. The summed E-state index contributed by atoms with van der Waals surface area (Å²) < 4.78 is 32.1. The highest BCUT2D eigenvalue weighted by Gasteiger charge is 2.69. The minimum atomic E-state index is -4.15. The fourth-order valence-corrected chi connectivity index (χ4v) is 7.53. The second-order valence-corrected chi connectivity index (χ2v) is 11.3. The summed E-state index contributed by atoms with van der Waals surface area (Å²) in [6, 6.07) is 13.7. The first kappa shape index (κ1) is 24.0. The van der Waals surface area contributed by atoms with Gasteiger partial charge in [0.15, 0.2) is 20.2 Å². The topological polar surface area (TPSA) is 119 Å². The van der Waals surface area contributed by atoms with Gasteiger partial charge >= 0.3 is 5.97 Å². The molecule has 4 rings (SSSR count). The van der Waals surface area contributed by atoms with E-state index in [0.717, 1.165) is 18.2 Å². The molecule has 8 nitrogen and oxygen atoms in total. The predicted octanol–water partition coefficient (Wildman–Crippen LogP) is 1.66. The summed E-state index contributed by atoms with van der Waals surface area (Å²) in [6.07, 6.45) is 0. The van der Waals surface area contributed by atoms with Crippen molar-refractivity contribution in [3.05, 3.63) is 70.8 Å². The lowest BCUT2D eigenvalue weighted by Gasteiger charge is -2.50. The SMILES string of the molecule is COC(=O)[C@H]1[C@H](c2ccc(C)cc2)C2(C(=O)NC(=S)NC2=O)[C@H](c2ccc(C)cc2)CS1(=O)=O. The van der Waals surface area contributed by atoms with Crippen LogP contribution in [-0.4, -0.2) is 49.4 Å². The fraction of sp³-hybridized carbons (Fsp3) is 0.333. The largest absolute Gasteiger partial charge is 0.468 e. The van der Waals surface area contributed by atoms with Gasteiger partial charge in [-0.15, -0.1) is 0 Å². The van der Waals surface area contributed by atoms with Crippen LogP contribution in [0.25, 0.3) is 0 Å². The number of aryl methyl sites for hydroxylation is 2. The first-order chi connectivity index (χ1) is 16.0. The van der Waals surface area contributed by atoms with Gasteiger partial charge in [0.05, 0.1) is 12.9 Å². The number of methoxy groups -OCH3 is 1. The van der Waals surface area contributed by atoms with Crippen molar-refractivity contribution in [2.24, 2.45) is 5.41 Å². The number of amides is 2. The summed E-state index contributed by atoms with van der Waals surface area (Å²) in [5, 5.41) is 3.09. The van der Waals surface area contributed by atoms with Crippen molar-refractivity contribution in [3.8, 4) is 0 Å². The maximum absolute atomic E-state index is 13.8. The number of nitrogens with one attached hydrogen (secondary N) is 2. The molecule has 1 spiro atoms. The van der Waals surface area contributed by atoms with E-state index in [-0.39, 0.29) is 5.11 Å². The van der Waals surface area contributed by atoms with Gasteiger partial charge in [0.2, 0.25) is 11.8 Å². The van der Waals surface area contributed by atoms with E-state index < -0.39 is 55.9 Å². The number of benzene rings is 2. The van der Waals surface area contributed by atoms with Gasteiger partial charge in [-0.25, -0.2) is 8.42 Å². The molecule has 2 N–H and O–H groups in total. The molecule has 2 fully saturated rings. The average molecular weight is 501 g/mol. The van der Waals surface area contributed by atoms with Crippen molar-refractivity contribution in [1.82, 2.24) is 10.6 Å². The summed E-state index contributed by atoms with van der Waals surface area (Å²) in [5.74, 6) is -5.54. The van der Waals surface area contributed by atoms with Crippen molar-refractivity contribution in [3.63, 3.8) is 0 Å². The predicted molar refractivity (Wildman–Crippen MR) is 129 cm³/mol. The molecule has 10 heteroatoms. The van der Waals surface area contributed by atoms with Gasteiger partial charge in [0, 0.05) is 11.8 Å². The van der Waals surface area contributed by atoms with Crippen LogP contribution in [0, 0.1) is 19.3 Å². The Morgan fingerprint density at radius 3 is 1.88 bits per heavy atom. The third-order valence-electron chi connectivity index (χ3n) is 6.68. The average Bonchev–Trinajstić information content (AvgIpc) is 2.77. The van der Waals surface area contributed by atoms with E-state index in [1.165, 1.54) is 0 Å². The van der Waals surface area contributed by atoms with Gasteiger partial charge < -0.3 is 15.4 Å². The lowest BCUT2D eigenvalue weighted by molar-refractivity contribution is -0.150. The lowest BCUT2D eigenvalue weighted by atomic mass is 9.59. The first-order valence-corrected chi connectivity index (χ1v) is 12.7. The van der Waals surface area contributed by atoms with E-state index >= 15 is 0 Å². The quantitative estimate of drug-likeness (QED) is 0.374. The molecule has 2 amide bonds. The van der Waals surface area contributed by atoms with Crippen LogP contribution in [0.1, 0.15) is 34.1 Å². The molecule has 2 aromatic carbocycles. The van der Waals surface area contributed by atoms with Gasteiger partial charge in [-0.05, 0) is 37.2 Å². The van der Waals surface area contributed by atoms with E-state index in [1.54, 1.807) is 48.5 Å². The Balaban J connectivity index is 2.08. The van der Waals surface area contributed by atoms with Gasteiger partial charge in [-0.2, -0.15) is 0 Å². The number of sulfone groups is 1. The number of thiocarbonyl (C=S) groups is 1. The van der Waals surface area contributed by atoms with Crippen LogP contribution in [0.2, 0.25) is 0 Å². The zero-order valence-electron chi connectivity index (χ0n) is 18.8. The molecule has 0 bridgehead atoms. The van der Waals surface area contributed by atoms with Gasteiger partial charge in [0.1, 0.15) is 5.41 Å². The Morgan fingerprint density at radius 1 is 0.941 bits per heavy atom. The van der Waals surface area contributed by atoms with Crippen molar-refractivity contribution >= 4 is 45.0 Å². The van der Waals surface area contributed by atoms with Crippen LogP contribution in [0.5, 0.6) is 0 Å². The molecule has 2 saturated heterocycles. The molecule has 0 unspecified atom stereocenters. The number of hydrogen-bond acceptors (Lipinski definition) is 7. The lowest BCUT2D eigenvalue weighted by Crippen LogP contribution is -2.71. The molecule has 0 aromatic heterocycles. The first-order valence-electron chi connectivity index (χ1n) is 10.6. The molecular weight excluding hydrogens is 476 g/mol. The van der Waals surface area contributed by atoms with Crippen molar-refractivity contribution in [1.29, 1.82) is 0 Å². The molecule has 2 aliphatic rings. The molecule has 0 saturated carbocycles. The van der Waals surface area contributed by atoms with Crippen molar-refractivity contribution in [2.45, 2.75) is 30.9 Å². The Kier molecular flexibility index (Phi) is 6.07. The highest BCUT2D eigenvalue weighted by molar-refractivity contribution is 7.92. The minimum Gasteiger partial charge on any atom is -0.468 e. The van der Waals surface area contributed by atoms with Crippen LogP contribution in [0.3, 0.4) is 0 Å². The summed E-state index contributed by atoms with van der Waals surface area (Å²) in [4.78, 5) is 40.4. The van der Waals surface area contributed by atoms with E-state index in [2.05, 4.69) is 10.6 Å². The normalized spacial score (nSPS) is 25.4. The molecular formula is C24H24N2O6S2. The minimum absolute atomic E-state index is 0.172. The fourth-order valence-electron chi connectivity index (χ4n) is 5.04. The van der Waals surface area contributed by atoms with E-state index in [9.17, 15) is 22.8 Å². The van der Waals surface area contributed by atoms with E-state index in [1.807, 2.05) is 13.8 Å². The Hall–Kier alpha value is -3.11. The summed E-state index contributed by atoms with van der Waals surface area (Å²) in [6.45, 7) is 3.72. The number of esters is 1. The zero-order chi connectivity index (χ0) is 24.8. The van der Waals surface area contributed by atoms with Gasteiger partial charge in [-0.1, -0.05) is 59.7 Å². The maximum atomic E-state index is 13.8. The molecule has 2 aromatic rings. The van der Waals surface area contributed by atoms with Crippen LogP contribution < -0.4 is 10.6 Å². The molecule has 2 aliphatic heterocycles. The third kappa shape index (κ3) is 3.70. The smallest absolute Gasteiger partial charge is 0.324 e. The van der Waals surface area contributed by atoms with Gasteiger partial charge in [-0.3, -0.25) is 14.4 Å². The number of rotatable bonds is 3. The number of ether oxygens (including phenoxy) is 1. The Morgan fingerprint density at radius 2 is 1.41 bits per heavy atom. The highest BCUT2D eigenvalue weighted by Crippen LogP contribution is 2.56. The molecule has 178 valence electrons. The molecule has 0 radical (unpaired) electrons. The van der Waals surface area contributed by atoms with E-state index in [0.29, 0.717) is 11.1 Å². The van der Waals surface area contributed by atoms with Crippen molar-refractivity contribution in [2.75, 3.05) is 12.9 Å². The molecule has 0 aliphatic carbocycles. The second kappa shape index (κ2) is 8.59. The summed E-state index contributed by atoms with van der Waals surface area (Å²) >= 11 is 5.03. The Bertz CT molecular complexity index is 1270. The van der Waals surface area contributed by atoms with Crippen LogP contribution in [0.15, 0.2) is 48.5 Å². The molecule has 34 heavy (non-hydrogen) atoms. The highest BCUT2D eigenvalue weighted by atomic mass is 32.2. The maximum Gasteiger partial charge on any atom is 0.324 e. The van der Waals surface area contributed by atoms with E-state index in [4.69, 9.17) is 17.0 Å². The Labute approximate surface area is 203 Å². The second-order valence-electron chi connectivity index (χ2n) is 8.73. The van der Waals surface area contributed by atoms with Crippen LogP contribution in [-0.2, 0) is 29.0 Å². The number of carbonyl (C=O) groups is 3. The monoisotopic (exact) mass is 500 g/mol. The van der Waals surface area contributed by atoms with Crippen molar-refractivity contribution < 1.29 is 27.5 Å².